The second-order valence-electron chi connectivity index (χ2n) is 10.4. The Labute approximate surface area is 251 Å². The lowest BCUT2D eigenvalue weighted by molar-refractivity contribution is -0.128. The van der Waals surface area contributed by atoms with Gasteiger partial charge in [0, 0.05) is 12.0 Å². The Morgan fingerprint density at radius 3 is 2.47 bits per heavy atom. The Balaban J connectivity index is 1.83. The first-order chi connectivity index (χ1) is 20.7. The molecule has 0 aliphatic carbocycles. The SMILES string of the molecule is CN[C@@H](C)C(=O)NC1CN(C(=O)CCCCN)c2ccccc2N(Cc2c(OC)ccc3cc(C(=O)OC)ccc23)C1=O. The molecule has 228 valence electrons. The minimum Gasteiger partial charge on any atom is -0.496 e. The number of carbonyl (C=O) groups is 4. The number of nitrogens with one attached hydrogen (secondary N) is 2. The molecule has 4 N–H and O–H groups in total. The third-order valence-corrected chi connectivity index (χ3v) is 7.73. The van der Waals surface area contributed by atoms with Crippen molar-refractivity contribution in [2.45, 2.75) is 44.8 Å². The van der Waals surface area contributed by atoms with Crippen molar-refractivity contribution in [3.8, 4) is 5.75 Å². The van der Waals surface area contributed by atoms with Crippen molar-refractivity contribution in [2.75, 3.05) is 44.2 Å². The van der Waals surface area contributed by atoms with Crippen LogP contribution in [0, 0.1) is 0 Å². The average molecular weight is 590 g/mol. The topological polar surface area (TPSA) is 143 Å². The molecule has 3 aromatic carbocycles. The van der Waals surface area contributed by atoms with Crippen LogP contribution in [-0.4, -0.2) is 70.1 Å². The van der Waals surface area contributed by atoms with Crippen LogP contribution in [0.4, 0.5) is 11.4 Å². The standard InChI is InChI=1S/C32H39N5O6/c1-20(34-2)30(39)35-25-19-36(29(38)11-7-8-16-33)26-9-5-6-10-27(26)37(31(25)40)18-24-23-14-12-22(32(41)43-4)17-21(23)13-15-28(24)42-3/h5-6,9-10,12-15,17,20,25,34H,7-8,11,16,18-19,33H2,1-4H3,(H,35,39)/t20-,25?/m0/s1. The first kappa shape index (κ1) is 31.5. The summed E-state index contributed by atoms with van der Waals surface area (Å²) in [6.07, 6.45) is 1.57. The van der Waals surface area contributed by atoms with Crippen molar-refractivity contribution in [1.29, 1.82) is 0 Å². The van der Waals surface area contributed by atoms with E-state index < -0.39 is 18.1 Å². The number of rotatable bonds is 11. The summed E-state index contributed by atoms with van der Waals surface area (Å²) in [7, 11) is 4.54. The second kappa shape index (κ2) is 14.1. The number of hydrogen-bond acceptors (Lipinski definition) is 8. The maximum atomic E-state index is 14.3. The summed E-state index contributed by atoms with van der Waals surface area (Å²) >= 11 is 0. The maximum Gasteiger partial charge on any atom is 0.337 e. The van der Waals surface area contributed by atoms with E-state index in [0.717, 1.165) is 10.8 Å². The highest BCUT2D eigenvalue weighted by Crippen LogP contribution is 2.37. The molecular weight excluding hydrogens is 550 g/mol. The number of nitrogens with two attached hydrogens (primary N) is 1. The molecule has 3 aromatic rings. The molecule has 0 saturated carbocycles. The zero-order valence-electron chi connectivity index (χ0n) is 25.0. The van der Waals surface area contributed by atoms with E-state index in [0.29, 0.717) is 47.6 Å². The zero-order chi connectivity index (χ0) is 31.1. The van der Waals surface area contributed by atoms with Crippen LogP contribution >= 0.6 is 0 Å². The number of hydrogen-bond donors (Lipinski definition) is 3. The van der Waals surface area contributed by atoms with Gasteiger partial charge >= 0.3 is 5.97 Å². The lowest BCUT2D eigenvalue weighted by Crippen LogP contribution is -2.55. The number of benzene rings is 3. The summed E-state index contributed by atoms with van der Waals surface area (Å²) < 4.78 is 10.6. The normalized spacial score (nSPS) is 15.5. The molecule has 0 saturated heterocycles. The fourth-order valence-electron chi connectivity index (χ4n) is 5.21. The number of esters is 1. The lowest BCUT2D eigenvalue weighted by atomic mass is 10.00. The molecule has 11 heteroatoms. The summed E-state index contributed by atoms with van der Waals surface area (Å²) in [4.78, 5) is 56.2. The van der Waals surface area contributed by atoms with Gasteiger partial charge in [-0.25, -0.2) is 4.79 Å². The molecule has 1 heterocycles. The van der Waals surface area contributed by atoms with E-state index in [4.69, 9.17) is 15.2 Å². The van der Waals surface area contributed by atoms with E-state index in [1.807, 2.05) is 12.1 Å². The van der Waals surface area contributed by atoms with Crippen LogP contribution in [0.3, 0.4) is 0 Å². The number of ether oxygens (including phenoxy) is 2. The lowest BCUT2D eigenvalue weighted by Gasteiger charge is -2.27. The van der Waals surface area contributed by atoms with E-state index in [1.54, 1.807) is 73.3 Å². The monoisotopic (exact) mass is 589 g/mol. The van der Waals surface area contributed by atoms with Gasteiger partial charge in [0.1, 0.15) is 11.8 Å². The second-order valence-corrected chi connectivity index (χ2v) is 10.4. The summed E-state index contributed by atoms with van der Waals surface area (Å²) in [6.45, 7) is 2.23. The molecule has 3 amide bonds. The third kappa shape index (κ3) is 6.79. The Morgan fingerprint density at radius 1 is 1.05 bits per heavy atom. The number of likely N-dealkylation sites (N-methyl/N-ethyl adjacent to an activating group) is 1. The predicted molar refractivity (Wildman–Crippen MR) is 165 cm³/mol. The Bertz CT molecular complexity index is 1510. The number of para-hydroxylation sites is 2. The fraction of sp³-hybridized carbons (Fsp3) is 0.375. The highest BCUT2D eigenvalue weighted by Gasteiger charge is 2.37. The van der Waals surface area contributed by atoms with Crippen molar-refractivity contribution in [3.63, 3.8) is 0 Å². The maximum absolute atomic E-state index is 14.3. The minimum atomic E-state index is -1.01. The van der Waals surface area contributed by atoms with E-state index >= 15 is 0 Å². The summed E-state index contributed by atoms with van der Waals surface area (Å²) in [5, 5.41) is 7.30. The highest BCUT2D eigenvalue weighted by atomic mass is 16.5. The van der Waals surface area contributed by atoms with Crippen LogP contribution in [0.5, 0.6) is 5.75 Å². The number of amides is 3. The summed E-state index contributed by atoms with van der Waals surface area (Å²) in [5.41, 5.74) is 7.85. The van der Waals surface area contributed by atoms with Crippen molar-refractivity contribution in [3.05, 3.63) is 65.7 Å². The van der Waals surface area contributed by atoms with Gasteiger partial charge in [-0.2, -0.15) is 0 Å². The van der Waals surface area contributed by atoms with Crippen molar-refractivity contribution in [2.24, 2.45) is 5.73 Å². The smallest absolute Gasteiger partial charge is 0.337 e. The third-order valence-electron chi connectivity index (χ3n) is 7.73. The number of methoxy groups -OCH3 is 2. The number of fused-ring (bicyclic) bond motifs is 2. The fourth-order valence-corrected chi connectivity index (χ4v) is 5.21. The number of carbonyl (C=O) groups excluding carboxylic acids is 4. The van der Waals surface area contributed by atoms with Crippen LogP contribution < -0.4 is 30.9 Å². The molecular formula is C32H39N5O6. The van der Waals surface area contributed by atoms with E-state index in [2.05, 4.69) is 10.6 Å². The summed E-state index contributed by atoms with van der Waals surface area (Å²) in [5.74, 6) is -0.796. The molecule has 2 atom stereocenters. The van der Waals surface area contributed by atoms with E-state index in [-0.39, 0.29) is 37.2 Å². The van der Waals surface area contributed by atoms with Gasteiger partial charge in [0.25, 0.3) is 5.91 Å². The van der Waals surface area contributed by atoms with Crippen LogP contribution in [0.15, 0.2) is 54.6 Å². The minimum absolute atomic E-state index is 0.0227. The van der Waals surface area contributed by atoms with Gasteiger partial charge in [0.2, 0.25) is 11.8 Å². The van der Waals surface area contributed by atoms with Crippen LogP contribution in [0.2, 0.25) is 0 Å². The van der Waals surface area contributed by atoms with Gasteiger partial charge in [-0.1, -0.05) is 24.3 Å². The van der Waals surface area contributed by atoms with Gasteiger partial charge in [0.05, 0.1) is 50.3 Å². The molecule has 11 nitrogen and oxygen atoms in total. The predicted octanol–water partition coefficient (Wildman–Crippen LogP) is 2.74. The van der Waals surface area contributed by atoms with E-state index in [9.17, 15) is 19.2 Å². The quantitative estimate of drug-likeness (QED) is 0.229. The Morgan fingerprint density at radius 2 is 1.79 bits per heavy atom. The molecule has 0 fully saturated rings. The number of unbranched alkanes of at least 4 members (excludes halogenated alkanes) is 1. The average Bonchev–Trinajstić information content (AvgIpc) is 3.14. The first-order valence-electron chi connectivity index (χ1n) is 14.3. The molecule has 1 unspecified atom stereocenters. The van der Waals surface area contributed by atoms with Crippen LogP contribution in [0.1, 0.15) is 42.1 Å². The van der Waals surface area contributed by atoms with Crippen LogP contribution in [-0.2, 0) is 25.7 Å². The molecule has 0 bridgehead atoms. The Hall–Kier alpha value is -4.48. The van der Waals surface area contributed by atoms with Crippen molar-refractivity contribution in [1.82, 2.24) is 10.6 Å². The number of anilines is 2. The van der Waals surface area contributed by atoms with Gasteiger partial charge in [-0.15, -0.1) is 0 Å². The van der Waals surface area contributed by atoms with Crippen molar-refractivity contribution < 1.29 is 28.7 Å². The molecule has 43 heavy (non-hydrogen) atoms. The molecule has 0 spiro atoms. The van der Waals surface area contributed by atoms with Gasteiger partial charge < -0.3 is 35.6 Å². The number of nitrogens with zero attached hydrogens (tertiary/aromatic N) is 2. The molecule has 1 aliphatic heterocycles. The summed E-state index contributed by atoms with van der Waals surface area (Å²) in [6, 6.07) is 14.5. The first-order valence-corrected chi connectivity index (χ1v) is 14.3. The largest absolute Gasteiger partial charge is 0.496 e. The van der Waals surface area contributed by atoms with Crippen LogP contribution in [0.25, 0.3) is 10.8 Å². The Kier molecular flexibility index (Phi) is 10.3. The van der Waals surface area contributed by atoms with Gasteiger partial charge in [-0.3, -0.25) is 14.4 Å². The molecule has 0 radical (unpaired) electrons. The molecule has 1 aliphatic rings. The molecule has 4 rings (SSSR count). The zero-order valence-corrected chi connectivity index (χ0v) is 25.0. The van der Waals surface area contributed by atoms with Crippen molar-refractivity contribution >= 4 is 45.8 Å². The van der Waals surface area contributed by atoms with Gasteiger partial charge in [-0.05, 0) is 74.5 Å². The van der Waals surface area contributed by atoms with Gasteiger partial charge in [0.15, 0.2) is 0 Å². The van der Waals surface area contributed by atoms with E-state index in [1.165, 1.54) is 7.11 Å². The molecule has 0 aromatic heterocycles. The highest BCUT2D eigenvalue weighted by molar-refractivity contribution is 6.08.